The van der Waals surface area contributed by atoms with Gasteiger partial charge in [-0.1, -0.05) is 62.2 Å². The van der Waals surface area contributed by atoms with Crippen LogP contribution in [0.2, 0.25) is 0 Å². The van der Waals surface area contributed by atoms with E-state index in [1.165, 1.54) is 10.8 Å². The lowest BCUT2D eigenvalue weighted by atomic mass is 9.97. The number of aliphatic hydroxyl groups excluding tert-OH is 1. The summed E-state index contributed by atoms with van der Waals surface area (Å²) in [6, 6.07) is 14.4. The first kappa shape index (κ1) is 11.2. The largest absolute Gasteiger partial charge is 0.388 e. The molecule has 0 aliphatic carbocycles. The fraction of sp³-hybridized carbons (Fsp3) is 0.333. The molecule has 0 heterocycles. The predicted octanol–water partition coefficient (Wildman–Crippen LogP) is 4.06. The van der Waals surface area contributed by atoms with E-state index in [0.717, 1.165) is 24.8 Å². The molecule has 0 aliphatic rings. The first-order valence-corrected chi connectivity index (χ1v) is 5.98. The highest BCUT2D eigenvalue weighted by Crippen LogP contribution is 2.27. The summed E-state index contributed by atoms with van der Waals surface area (Å²) in [5.41, 5.74) is 1.06. The Hall–Kier alpha value is -1.34. The minimum Gasteiger partial charge on any atom is -0.388 e. The van der Waals surface area contributed by atoms with Crippen molar-refractivity contribution in [3.63, 3.8) is 0 Å². The minimum absolute atomic E-state index is 0.328. The van der Waals surface area contributed by atoms with Crippen LogP contribution in [0.15, 0.2) is 42.5 Å². The maximum Gasteiger partial charge on any atom is 0.0796 e. The zero-order valence-corrected chi connectivity index (χ0v) is 9.69. The van der Waals surface area contributed by atoms with Crippen LogP contribution in [-0.2, 0) is 0 Å². The molecular formula is C15H18O. The minimum atomic E-state index is -0.328. The van der Waals surface area contributed by atoms with Crippen LogP contribution < -0.4 is 0 Å². The first-order valence-electron chi connectivity index (χ1n) is 5.98. The van der Waals surface area contributed by atoms with Gasteiger partial charge in [-0.2, -0.15) is 0 Å². The third-order valence-corrected chi connectivity index (χ3v) is 3.01. The van der Waals surface area contributed by atoms with Crippen molar-refractivity contribution in [2.75, 3.05) is 0 Å². The van der Waals surface area contributed by atoms with Crippen molar-refractivity contribution in [1.82, 2.24) is 0 Å². The monoisotopic (exact) mass is 214 g/mol. The molecule has 0 fully saturated rings. The molecule has 1 nitrogen and oxygen atoms in total. The Morgan fingerprint density at radius 1 is 1.06 bits per heavy atom. The van der Waals surface area contributed by atoms with Gasteiger partial charge in [0.05, 0.1) is 6.10 Å². The lowest BCUT2D eigenvalue weighted by molar-refractivity contribution is 0.166. The van der Waals surface area contributed by atoms with Gasteiger partial charge in [-0.05, 0) is 22.8 Å². The van der Waals surface area contributed by atoms with Crippen LogP contribution in [0, 0.1) is 0 Å². The SMILES string of the molecule is CCCC[C@@H](O)c1cccc2ccccc12. The Labute approximate surface area is 96.7 Å². The van der Waals surface area contributed by atoms with E-state index >= 15 is 0 Å². The highest BCUT2D eigenvalue weighted by molar-refractivity contribution is 5.85. The molecule has 1 N–H and O–H groups in total. The van der Waals surface area contributed by atoms with Crippen LogP contribution in [0.1, 0.15) is 37.9 Å². The van der Waals surface area contributed by atoms with Crippen molar-refractivity contribution >= 4 is 10.8 Å². The fourth-order valence-electron chi connectivity index (χ4n) is 2.09. The summed E-state index contributed by atoms with van der Waals surface area (Å²) < 4.78 is 0. The third kappa shape index (κ3) is 2.25. The second-order valence-electron chi connectivity index (χ2n) is 4.23. The first-order chi connectivity index (χ1) is 7.83. The maximum absolute atomic E-state index is 10.1. The molecule has 2 aromatic rings. The van der Waals surface area contributed by atoms with Crippen LogP contribution in [0.5, 0.6) is 0 Å². The molecule has 1 atom stereocenters. The Bertz CT molecular complexity index is 456. The van der Waals surface area contributed by atoms with Crippen molar-refractivity contribution in [2.45, 2.75) is 32.3 Å². The molecule has 0 radical (unpaired) electrons. The van der Waals surface area contributed by atoms with E-state index in [0.29, 0.717) is 0 Å². The van der Waals surface area contributed by atoms with Crippen molar-refractivity contribution in [2.24, 2.45) is 0 Å². The average Bonchev–Trinajstić information content (AvgIpc) is 2.35. The van der Waals surface area contributed by atoms with Gasteiger partial charge in [-0.15, -0.1) is 0 Å². The average molecular weight is 214 g/mol. The van der Waals surface area contributed by atoms with Gasteiger partial charge in [0.1, 0.15) is 0 Å². The number of hydrogen-bond acceptors (Lipinski definition) is 1. The molecule has 0 saturated carbocycles. The van der Waals surface area contributed by atoms with E-state index in [2.05, 4.69) is 25.1 Å². The van der Waals surface area contributed by atoms with Gasteiger partial charge >= 0.3 is 0 Å². The van der Waals surface area contributed by atoms with Crippen molar-refractivity contribution in [3.8, 4) is 0 Å². The Balaban J connectivity index is 2.36. The molecular weight excluding hydrogens is 196 g/mol. The molecule has 84 valence electrons. The van der Waals surface area contributed by atoms with Gasteiger partial charge in [0.2, 0.25) is 0 Å². The van der Waals surface area contributed by atoms with Crippen molar-refractivity contribution in [3.05, 3.63) is 48.0 Å². The summed E-state index contributed by atoms with van der Waals surface area (Å²) in [5.74, 6) is 0. The Morgan fingerprint density at radius 2 is 1.81 bits per heavy atom. The van der Waals surface area contributed by atoms with Gasteiger partial charge in [0.15, 0.2) is 0 Å². The van der Waals surface area contributed by atoms with E-state index in [4.69, 9.17) is 0 Å². The lowest BCUT2D eigenvalue weighted by Gasteiger charge is -2.13. The highest BCUT2D eigenvalue weighted by Gasteiger charge is 2.09. The molecule has 0 spiro atoms. The summed E-state index contributed by atoms with van der Waals surface area (Å²) >= 11 is 0. The molecule has 0 saturated heterocycles. The molecule has 0 aromatic heterocycles. The van der Waals surface area contributed by atoms with Crippen LogP contribution in [0.25, 0.3) is 10.8 Å². The van der Waals surface area contributed by atoms with Gasteiger partial charge < -0.3 is 5.11 Å². The maximum atomic E-state index is 10.1. The number of aliphatic hydroxyl groups is 1. The summed E-state index contributed by atoms with van der Waals surface area (Å²) in [6.45, 7) is 2.15. The smallest absolute Gasteiger partial charge is 0.0796 e. The zero-order valence-electron chi connectivity index (χ0n) is 9.69. The molecule has 16 heavy (non-hydrogen) atoms. The van der Waals surface area contributed by atoms with E-state index < -0.39 is 0 Å². The van der Waals surface area contributed by atoms with Crippen molar-refractivity contribution < 1.29 is 5.11 Å². The second kappa shape index (κ2) is 5.13. The van der Waals surface area contributed by atoms with Gasteiger partial charge in [0.25, 0.3) is 0 Å². The Morgan fingerprint density at radius 3 is 2.62 bits per heavy atom. The topological polar surface area (TPSA) is 20.2 Å². The summed E-state index contributed by atoms with van der Waals surface area (Å²) in [4.78, 5) is 0. The van der Waals surface area contributed by atoms with E-state index in [9.17, 15) is 5.11 Å². The quantitative estimate of drug-likeness (QED) is 0.813. The van der Waals surface area contributed by atoms with Crippen LogP contribution in [0.3, 0.4) is 0 Å². The number of rotatable bonds is 4. The summed E-state index contributed by atoms with van der Waals surface area (Å²) in [6.07, 6.45) is 2.72. The predicted molar refractivity (Wildman–Crippen MR) is 68.4 cm³/mol. The third-order valence-electron chi connectivity index (χ3n) is 3.01. The van der Waals surface area contributed by atoms with Crippen molar-refractivity contribution in [1.29, 1.82) is 0 Å². The van der Waals surface area contributed by atoms with E-state index in [-0.39, 0.29) is 6.10 Å². The highest BCUT2D eigenvalue weighted by atomic mass is 16.3. The van der Waals surface area contributed by atoms with E-state index in [1.54, 1.807) is 0 Å². The molecule has 1 heteroatoms. The molecule has 2 rings (SSSR count). The number of unbranched alkanes of at least 4 members (excludes halogenated alkanes) is 1. The number of fused-ring (bicyclic) bond motifs is 1. The molecule has 2 aromatic carbocycles. The standard InChI is InChI=1S/C15H18O/c1-2-3-11-15(16)14-10-6-8-12-7-4-5-9-13(12)14/h4-10,15-16H,2-3,11H2,1H3/t15-/m1/s1. The summed E-state index contributed by atoms with van der Waals surface area (Å²) in [7, 11) is 0. The van der Waals surface area contributed by atoms with Gasteiger partial charge in [0, 0.05) is 0 Å². The molecule has 0 unspecified atom stereocenters. The van der Waals surface area contributed by atoms with Crippen LogP contribution >= 0.6 is 0 Å². The summed E-state index contributed by atoms with van der Waals surface area (Å²) in [5, 5.41) is 12.5. The molecule has 0 amide bonds. The molecule has 0 aliphatic heterocycles. The van der Waals surface area contributed by atoms with Crippen LogP contribution in [-0.4, -0.2) is 5.11 Å². The van der Waals surface area contributed by atoms with E-state index in [1.807, 2.05) is 24.3 Å². The van der Waals surface area contributed by atoms with Crippen LogP contribution in [0.4, 0.5) is 0 Å². The Kier molecular flexibility index (Phi) is 3.58. The van der Waals surface area contributed by atoms with Gasteiger partial charge in [-0.25, -0.2) is 0 Å². The molecule has 0 bridgehead atoms. The second-order valence-corrected chi connectivity index (χ2v) is 4.23. The number of hydrogen-bond donors (Lipinski definition) is 1. The lowest BCUT2D eigenvalue weighted by Crippen LogP contribution is -1.98. The van der Waals surface area contributed by atoms with Gasteiger partial charge in [-0.3, -0.25) is 0 Å². The normalized spacial score (nSPS) is 12.9. The fourth-order valence-corrected chi connectivity index (χ4v) is 2.09. The zero-order chi connectivity index (χ0) is 11.4. The number of benzene rings is 2.